The highest BCUT2D eigenvalue weighted by molar-refractivity contribution is 7.99. The number of likely N-dealkylation sites (N-methyl/N-ethyl adjacent to an activating group) is 1. The minimum Gasteiger partial charge on any atom is -0.361 e. The summed E-state index contributed by atoms with van der Waals surface area (Å²) < 4.78 is 5.10. The summed E-state index contributed by atoms with van der Waals surface area (Å²) in [5.74, 6) is 2.23. The largest absolute Gasteiger partial charge is 0.361 e. The van der Waals surface area contributed by atoms with Crippen LogP contribution < -0.4 is 0 Å². The Hall–Kier alpha value is -1.23. The average molecular weight is 282 g/mol. The summed E-state index contributed by atoms with van der Waals surface area (Å²) in [5.41, 5.74) is 3.01. The maximum Gasteiger partial charge on any atom is 0.232 e. The first-order valence-corrected chi connectivity index (χ1v) is 7.52. The van der Waals surface area contributed by atoms with E-state index in [2.05, 4.69) is 11.7 Å². The van der Waals surface area contributed by atoms with Crippen molar-refractivity contribution in [2.24, 2.45) is 0 Å². The van der Waals surface area contributed by atoms with Crippen LogP contribution in [-0.2, 0) is 10.5 Å². The second-order valence-electron chi connectivity index (χ2n) is 4.66. The van der Waals surface area contributed by atoms with Gasteiger partial charge < -0.3 is 9.42 Å². The smallest absolute Gasteiger partial charge is 0.232 e. The van der Waals surface area contributed by atoms with Gasteiger partial charge in [-0.2, -0.15) is 0 Å². The van der Waals surface area contributed by atoms with Crippen LogP contribution in [0.15, 0.2) is 16.7 Å². The highest BCUT2D eigenvalue weighted by Crippen LogP contribution is 2.19. The molecule has 1 heterocycles. The quantitative estimate of drug-likeness (QED) is 0.721. The molecule has 1 rings (SSSR count). The second-order valence-corrected chi connectivity index (χ2v) is 5.65. The van der Waals surface area contributed by atoms with Crippen LogP contribution in [0.4, 0.5) is 0 Å². The van der Waals surface area contributed by atoms with E-state index in [-0.39, 0.29) is 5.91 Å². The maximum absolute atomic E-state index is 12.0. The fraction of sp³-hybridized carbons (Fsp3) is 0.571. The number of thioether (sulfide) groups is 1. The Labute approximate surface area is 119 Å². The molecule has 0 aliphatic carbocycles. The van der Waals surface area contributed by atoms with E-state index < -0.39 is 0 Å². The minimum absolute atomic E-state index is 0.155. The average Bonchev–Trinajstić information content (AvgIpc) is 2.67. The van der Waals surface area contributed by atoms with Crippen molar-refractivity contribution in [2.75, 3.05) is 18.8 Å². The normalized spacial score (nSPS) is 10.5. The van der Waals surface area contributed by atoms with Crippen molar-refractivity contribution in [1.29, 1.82) is 0 Å². The van der Waals surface area contributed by atoms with Crippen molar-refractivity contribution in [1.82, 2.24) is 10.1 Å². The van der Waals surface area contributed by atoms with Gasteiger partial charge in [-0.1, -0.05) is 17.3 Å². The highest BCUT2D eigenvalue weighted by atomic mass is 32.2. The summed E-state index contributed by atoms with van der Waals surface area (Å²) in [4.78, 5) is 13.9. The zero-order valence-corrected chi connectivity index (χ0v) is 13.0. The lowest BCUT2D eigenvalue weighted by Crippen LogP contribution is -2.33. The lowest BCUT2D eigenvalue weighted by atomic mass is 10.2. The molecule has 0 aliphatic rings. The van der Waals surface area contributed by atoms with E-state index in [0.29, 0.717) is 12.3 Å². The van der Waals surface area contributed by atoms with E-state index in [1.165, 1.54) is 0 Å². The number of nitrogens with zero attached hydrogens (tertiary/aromatic N) is 2. The predicted molar refractivity (Wildman–Crippen MR) is 79.2 cm³/mol. The summed E-state index contributed by atoms with van der Waals surface area (Å²) in [6, 6.07) is 0. The summed E-state index contributed by atoms with van der Waals surface area (Å²) in [7, 11) is 0. The zero-order valence-electron chi connectivity index (χ0n) is 12.2. The van der Waals surface area contributed by atoms with Gasteiger partial charge in [0.1, 0.15) is 5.76 Å². The van der Waals surface area contributed by atoms with E-state index in [9.17, 15) is 4.79 Å². The molecule has 0 saturated carbocycles. The SMILES string of the molecule is C=C(C)CN(CC)C(=O)CSCc1c(C)noc1C. The van der Waals surface area contributed by atoms with Gasteiger partial charge in [0.05, 0.1) is 11.4 Å². The first kappa shape index (κ1) is 15.8. The van der Waals surface area contributed by atoms with Crippen LogP contribution in [-0.4, -0.2) is 34.8 Å². The van der Waals surface area contributed by atoms with Gasteiger partial charge in [-0.15, -0.1) is 11.8 Å². The molecule has 0 aliphatic heterocycles. The van der Waals surface area contributed by atoms with Crippen LogP contribution in [0.25, 0.3) is 0 Å². The fourth-order valence-electron chi connectivity index (χ4n) is 1.74. The van der Waals surface area contributed by atoms with Gasteiger partial charge in [-0.05, 0) is 27.7 Å². The number of rotatable bonds is 7. The topological polar surface area (TPSA) is 46.3 Å². The maximum atomic E-state index is 12.0. The van der Waals surface area contributed by atoms with Crippen molar-refractivity contribution in [2.45, 2.75) is 33.4 Å². The van der Waals surface area contributed by atoms with Gasteiger partial charge in [0.15, 0.2) is 0 Å². The van der Waals surface area contributed by atoms with Gasteiger partial charge in [0.2, 0.25) is 5.91 Å². The number of amides is 1. The van der Waals surface area contributed by atoms with Crippen LogP contribution >= 0.6 is 11.8 Å². The number of carbonyl (C=O) groups excluding carboxylic acids is 1. The van der Waals surface area contributed by atoms with E-state index in [1.807, 2.05) is 32.6 Å². The highest BCUT2D eigenvalue weighted by Gasteiger charge is 2.13. The lowest BCUT2D eigenvalue weighted by Gasteiger charge is -2.20. The van der Waals surface area contributed by atoms with Crippen LogP contribution in [0.5, 0.6) is 0 Å². The van der Waals surface area contributed by atoms with Crippen LogP contribution in [0.2, 0.25) is 0 Å². The van der Waals surface area contributed by atoms with Crippen molar-refractivity contribution < 1.29 is 9.32 Å². The predicted octanol–water partition coefficient (Wildman–Crippen LogP) is 2.95. The molecular weight excluding hydrogens is 260 g/mol. The van der Waals surface area contributed by atoms with Crippen LogP contribution in [0, 0.1) is 13.8 Å². The van der Waals surface area contributed by atoms with Crippen molar-refractivity contribution >= 4 is 17.7 Å². The monoisotopic (exact) mass is 282 g/mol. The Morgan fingerprint density at radius 1 is 1.47 bits per heavy atom. The Bertz CT molecular complexity index is 435. The summed E-state index contributed by atoms with van der Waals surface area (Å²) in [5, 5.41) is 3.91. The first-order valence-electron chi connectivity index (χ1n) is 6.37. The molecule has 1 amide bonds. The standard InChI is InChI=1S/C14H22N2O2S/c1-6-16(7-10(2)3)14(17)9-19-8-13-11(4)15-18-12(13)5/h2,6-9H2,1,3-5H3. The Morgan fingerprint density at radius 3 is 2.63 bits per heavy atom. The third kappa shape index (κ3) is 4.74. The molecular formula is C14H22N2O2S. The van der Waals surface area contributed by atoms with Crippen LogP contribution in [0.3, 0.4) is 0 Å². The van der Waals surface area contributed by atoms with Gasteiger partial charge in [-0.3, -0.25) is 4.79 Å². The molecule has 0 N–H and O–H groups in total. The molecule has 0 spiro atoms. The molecule has 0 aromatic carbocycles. The number of aryl methyl sites for hydroxylation is 2. The molecule has 1 aromatic rings. The summed E-state index contributed by atoms with van der Waals surface area (Å²) in [6.07, 6.45) is 0. The molecule has 5 heteroatoms. The van der Waals surface area contributed by atoms with Crippen molar-refractivity contribution in [3.05, 3.63) is 29.2 Å². The molecule has 0 fully saturated rings. The molecule has 4 nitrogen and oxygen atoms in total. The molecule has 106 valence electrons. The van der Waals surface area contributed by atoms with Crippen LogP contribution in [0.1, 0.15) is 30.9 Å². The zero-order chi connectivity index (χ0) is 14.4. The van der Waals surface area contributed by atoms with Gasteiger partial charge >= 0.3 is 0 Å². The number of hydrogen-bond donors (Lipinski definition) is 0. The van der Waals surface area contributed by atoms with E-state index in [4.69, 9.17) is 4.52 Å². The lowest BCUT2D eigenvalue weighted by molar-refractivity contribution is -0.127. The van der Waals surface area contributed by atoms with Gasteiger partial charge in [0, 0.05) is 24.4 Å². The van der Waals surface area contributed by atoms with E-state index >= 15 is 0 Å². The summed E-state index contributed by atoms with van der Waals surface area (Å²) >= 11 is 1.60. The third-order valence-corrected chi connectivity index (χ3v) is 3.79. The Kier molecular flexibility index (Phi) is 6.15. The molecule has 1 aromatic heterocycles. The molecule has 0 unspecified atom stereocenters. The third-order valence-electron chi connectivity index (χ3n) is 2.85. The minimum atomic E-state index is 0.155. The second kappa shape index (κ2) is 7.38. The van der Waals surface area contributed by atoms with E-state index in [0.717, 1.165) is 34.9 Å². The van der Waals surface area contributed by atoms with Gasteiger partial charge in [-0.25, -0.2) is 0 Å². The molecule has 0 radical (unpaired) electrons. The van der Waals surface area contributed by atoms with Crippen molar-refractivity contribution in [3.63, 3.8) is 0 Å². The number of aromatic nitrogens is 1. The van der Waals surface area contributed by atoms with E-state index in [1.54, 1.807) is 11.8 Å². The first-order chi connectivity index (χ1) is 8.95. The molecule has 0 saturated heterocycles. The molecule has 19 heavy (non-hydrogen) atoms. The fourth-order valence-corrected chi connectivity index (χ4v) is 2.82. The summed E-state index contributed by atoms with van der Waals surface area (Å²) in [6.45, 7) is 13.0. The molecule has 0 atom stereocenters. The van der Waals surface area contributed by atoms with Gasteiger partial charge in [0.25, 0.3) is 0 Å². The number of hydrogen-bond acceptors (Lipinski definition) is 4. The molecule has 0 bridgehead atoms. The number of carbonyl (C=O) groups is 1. The Morgan fingerprint density at radius 2 is 2.16 bits per heavy atom. The Balaban J connectivity index is 2.44. The van der Waals surface area contributed by atoms with Crippen molar-refractivity contribution in [3.8, 4) is 0 Å².